The van der Waals surface area contributed by atoms with Gasteiger partial charge in [0, 0.05) is 0 Å². The van der Waals surface area contributed by atoms with Crippen LogP contribution in [-0.4, -0.2) is 0 Å². The van der Waals surface area contributed by atoms with Crippen LogP contribution in [0.5, 0.6) is 0 Å². The van der Waals surface area contributed by atoms with Gasteiger partial charge in [0.05, 0.1) is 0 Å². The molecular formula is C21H21ClHf. The zero-order valence-electron chi connectivity index (χ0n) is 13.8. The Morgan fingerprint density at radius 2 is 0.696 bits per heavy atom. The summed E-state index contributed by atoms with van der Waals surface area (Å²) in [5.41, 5.74) is 3.82. The van der Waals surface area contributed by atoms with Gasteiger partial charge in [-0.05, 0) is 0 Å². The van der Waals surface area contributed by atoms with Crippen LogP contribution in [0.25, 0.3) is 0 Å². The summed E-state index contributed by atoms with van der Waals surface area (Å²) in [7, 11) is 7.49. The van der Waals surface area contributed by atoms with Crippen LogP contribution in [0.3, 0.4) is 0 Å². The van der Waals surface area contributed by atoms with E-state index in [-0.39, 0.29) is 0 Å². The van der Waals surface area contributed by atoms with Gasteiger partial charge in [0.2, 0.25) is 0 Å². The van der Waals surface area contributed by atoms with Gasteiger partial charge >= 0.3 is 148 Å². The van der Waals surface area contributed by atoms with E-state index in [1.807, 2.05) is 0 Å². The summed E-state index contributed by atoms with van der Waals surface area (Å²) < 4.78 is 3.95. The molecule has 0 aliphatic rings. The summed E-state index contributed by atoms with van der Waals surface area (Å²) >= 11 is -3.56. The predicted molar refractivity (Wildman–Crippen MR) is 98.3 cm³/mol. The van der Waals surface area contributed by atoms with E-state index in [9.17, 15) is 0 Å². The van der Waals surface area contributed by atoms with Crippen LogP contribution >= 0.6 is 8.58 Å². The van der Waals surface area contributed by atoms with Gasteiger partial charge in [0.25, 0.3) is 0 Å². The van der Waals surface area contributed by atoms with Gasteiger partial charge in [-0.15, -0.1) is 0 Å². The molecule has 0 aliphatic carbocycles. The van der Waals surface area contributed by atoms with Gasteiger partial charge in [-0.1, -0.05) is 0 Å². The van der Waals surface area contributed by atoms with Crippen LogP contribution in [-0.2, 0) is 18.8 Å². The Hall–Kier alpha value is -1.18. The summed E-state index contributed by atoms with van der Waals surface area (Å²) in [6, 6.07) is 26.4. The van der Waals surface area contributed by atoms with E-state index in [1.54, 1.807) is 0 Å². The molecule has 3 aromatic rings. The SMILES string of the molecule is Cc1cc[c]([Hf]([Cl])([c]2ccc(C)cc2)[c]2ccc(C)cc2)cc1. The molecule has 2 heteroatoms. The topological polar surface area (TPSA) is 0 Å². The van der Waals surface area contributed by atoms with E-state index in [0.717, 1.165) is 0 Å². The minimum atomic E-state index is -3.56. The molecule has 0 saturated heterocycles. The number of hydrogen-bond donors (Lipinski definition) is 0. The number of rotatable bonds is 3. The zero-order chi connectivity index (χ0) is 16.4. The van der Waals surface area contributed by atoms with Crippen molar-refractivity contribution in [3.63, 3.8) is 0 Å². The van der Waals surface area contributed by atoms with Crippen LogP contribution < -0.4 is 9.96 Å². The monoisotopic (exact) mass is 488 g/mol. The predicted octanol–water partition coefficient (Wildman–Crippen LogP) is 4.20. The van der Waals surface area contributed by atoms with Gasteiger partial charge in [-0.2, -0.15) is 0 Å². The second-order valence-electron chi connectivity index (χ2n) is 6.26. The van der Waals surface area contributed by atoms with Crippen molar-refractivity contribution in [3.8, 4) is 0 Å². The Labute approximate surface area is 147 Å². The van der Waals surface area contributed by atoms with E-state index >= 15 is 0 Å². The summed E-state index contributed by atoms with van der Waals surface area (Å²) in [5, 5.41) is 0. The third-order valence-corrected chi connectivity index (χ3v) is 21.9. The van der Waals surface area contributed by atoms with E-state index in [0.29, 0.717) is 0 Å². The second kappa shape index (κ2) is 6.75. The van der Waals surface area contributed by atoms with E-state index in [1.165, 1.54) is 26.7 Å². The molecule has 0 unspecified atom stereocenters. The van der Waals surface area contributed by atoms with Crippen molar-refractivity contribution in [1.82, 2.24) is 0 Å². The Kier molecular flexibility index (Phi) is 4.89. The molecule has 0 heterocycles. The normalized spacial score (nSPS) is 11.5. The summed E-state index contributed by atoms with van der Waals surface area (Å²) in [4.78, 5) is 0. The van der Waals surface area contributed by atoms with Crippen molar-refractivity contribution >= 4 is 18.5 Å². The Morgan fingerprint density at radius 3 is 0.913 bits per heavy atom. The fraction of sp³-hybridized carbons (Fsp3) is 0.143. The number of benzene rings is 3. The number of halogens is 1. The first-order valence-corrected chi connectivity index (χ1v) is 17.7. The molecule has 0 N–H and O–H groups in total. The molecular weight excluding hydrogens is 466 g/mol. The van der Waals surface area contributed by atoms with E-state index in [2.05, 4.69) is 93.6 Å². The maximum atomic E-state index is 7.49. The van der Waals surface area contributed by atoms with Crippen molar-refractivity contribution < 1.29 is 18.8 Å². The fourth-order valence-corrected chi connectivity index (χ4v) is 16.3. The molecule has 0 fully saturated rings. The maximum absolute atomic E-state index is 7.49. The molecule has 23 heavy (non-hydrogen) atoms. The first-order valence-electron chi connectivity index (χ1n) is 7.90. The molecule has 116 valence electrons. The van der Waals surface area contributed by atoms with Gasteiger partial charge in [0.1, 0.15) is 0 Å². The van der Waals surface area contributed by atoms with Crippen molar-refractivity contribution in [3.05, 3.63) is 89.5 Å². The average Bonchev–Trinajstić information content (AvgIpc) is 2.56. The molecule has 0 saturated carbocycles. The van der Waals surface area contributed by atoms with Gasteiger partial charge in [-0.25, -0.2) is 0 Å². The molecule has 3 rings (SSSR count). The van der Waals surface area contributed by atoms with E-state index in [4.69, 9.17) is 8.58 Å². The molecule has 0 nitrogen and oxygen atoms in total. The fourth-order valence-electron chi connectivity index (χ4n) is 2.85. The molecule has 3 aromatic carbocycles. The van der Waals surface area contributed by atoms with E-state index < -0.39 is 18.8 Å². The van der Waals surface area contributed by atoms with Gasteiger partial charge < -0.3 is 0 Å². The van der Waals surface area contributed by atoms with Crippen LogP contribution in [0.15, 0.2) is 72.8 Å². The Balaban J connectivity index is 2.21. The Bertz CT molecular complexity index is 676. The molecule has 0 atom stereocenters. The van der Waals surface area contributed by atoms with Gasteiger partial charge in [0.15, 0.2) is 0 Å². The molecule has 0 amide bonds. The quantitative estimate of drug-likeness (QED) is 0.486. The minimum absolute atomic E-state index is 1.27. The third kappa shape index (κ3) is 3.36. The molecule has 0 radical (unpaired) electrons. The van der Waals surface area contributed by atoms with Crippen molar-refractivity contribution in [1.29, 1.82) is 0 Å². The summed E-state index contributed by atoms with van der Waals surface area (Å²) in [5.74, 6) is 0. The standard InChI is InChI=1S/3C7H7.ClH.Hf/c3*1-7-5-3-2-4-6-7;;/h3*3-6H,1H3;1H;/q;;;;+1/p-1. The first-order chi connectivity index (χ1) is 11.0. The number of hydrogen-bond acceptors (Lipinski definition) is 0. The van der Waals surface area contributed by atoms with Crippen LogP contribution in [0, 0.1) is 20.8 Å². The van der Waals surface area contributed by atoms with Crippen molar-refractivity contribution in [2.45, 2.75) is 20.8 Å². The molecule has 0 aliphatic heterocycles. The van der Waals surface area contributed by atoms with Crippen LogP contribution in [0.1, 0.15) is 16.7 Å². The number of aryl methyl sites for hydroxylation is 3. The Morgan fingerprint density at radius 1 is 0.478 bits per heavy atom. The van der Waals surface area contributed by atoms with Crippen LogP contribution in [0.4, 0.5) is 0 Å². The molecule has 0 bridgehead atoms. The van der Waals surface area contributed by atoms with Crippen molar-refractivity contribution in [2.75, 3.05) is 0 Å². The first kappa shape index (κ1) is 16.7. The summed E-state index contributed by atoms with van der Waals surface area (Å²) in [6.45, 7) is 6.36. The third-order valence-electron chi connectivity index (χ3n) is 4.35. The average molecular weight is 487 g/mol. The molecule has 0 spiro atoms. The summed E-state index contributed by atoms with van der Waals surface area (Å²) in [6.07, 6.45) is 0. The van der Waals surface area contributed by atoms with Gasteiger partial charge in [-0.3, -0.25) is 0 Å². The molecule has 0 aromatic heterocycles. The van der Waals surface area contributed by atoms with Crippen molar-refractivity contribution in [2.24, 2.45) is 0 Å². The zero-order valence-corrected chi connectivity index (χ0v) is 18.2. The van der Waals surface area contributed by atoms with Crippen LogP contribution in [0.2, 0.25) is 0 Å². The second-order valence-corrected chi connectivity index (χ2v) is 21.9.